The van der Waals surface area contributed by atoms with Gasteiger partial charge in [0.15, 0.2) is 0 Å². The lowest BCUT2D eigenvalue weighted by Crippen LogP contribution is -1.92. The van der Waals surface area contributed by atoms with E-state index in [1.807, 2.05) is 6.92 Å². The number of phenols is 1. The monoisotopic (exact) mass is 209 g/mol. The van der Waals surface area contributed by atoms with Gasteiger partial charge in [0.2, 0.25) is 0 Å². The van der Waals surface area contributed by atoms with Crippen LogP contribution < -0.4 is 0 Å². The van der Waals surface area contributed by atoms with Crippen molar-refractivity contribution in [1.82, 2.24) is 4.98 Å². The van der Waals surface area contributed by atoms with Gasteiger partial charge in [-0.15, -0.1) is 11.3 Å². The average Bonchev–Trinajstić information content (AvgIpc) is 2.59. The van der Waals surface area contributed by atoms with Crippen LogP contribution in [0, 0.1) is 0 Å². The molecule has 0 aliphatic heterocycles. The third-order valence-electron chi connectivity index (χ3n) is 2.06. The molecule has 1 heterocycles. The van der Waals surface area contributed by atoms with Gasteiger partial charge in [0, 0.05) is 0 Å². The maximum Gasteiger partial charge on any atom is 0.122 e. The molecule has 1 aromatic carbocycles. The summed E-state index contributed by atoms with van der Waals surface area (Å²) in [5.41, 5.74) is 0.829. The molecule has 2 aromatic rings. The van der Waals surface area contributed by atoms with Crippen molar-refractivity contribution in [1.29, 1.82) is 0 Å². The average molecular weight is 209 g/mol. The van der Waals surface area contributed by atoms with E-state index >= 15 is 0 Å². The van der Waals surface area contributed by atoms with E-state index in [0.29, 0.717) is 11.4 Å². The summed E-state index contributed by atoms with van der Waals surface area (Å²) in [6, 6.07) is 5.02. The second-order valence-corrected chi connectivity index (χ2v) is 4.19. The number of thiazole rings is 1. The molecule has 0 aliphatic carbocycles. The third kappa shape index (κ3) is 1.58. The van der Waals surface area contributed by atoms with Gasteiger partial charge in [-0.3, -0.25) is 0 Å². The molecule has 0 aliphatic rings. The van der Waals surface area contributed by atoms with Crippen LogP contribution in [0.15, 0.2) is 18.2 Å². The summed E-state index contributed by atoms with van der Waals surface area (Å²) in [4.78, 5) is 4.28. The Morgan fingerprint density at radius 1 is 1.50 bits per heavy atom. The number of aliphatic hydroxyl groups excluding tert-OH is 1. The van der Waals surface area contributed by atoms with E-state index < -0.39 is 6.10 Å². The Hall–Kier alpha value is -1.13. The number of fused-ring (bicyclic) bond motifs is 1. The Balaban J connectivity index is 2.51. The van der Waals surface area contributed by atoms with Gasteiger partial charge >= 0.3 is 0 Å². The summed E-state index contributed by atoms with van der Waals surface area (Å²) < 4.78 is 0.910. The SMILES string of the molecule is CCC(O)c1nc2ccc(O)cc2s1. The molecule has 74 valence electrons. The lowest BCUT2D eigenvalue weighted by molar-refractivity contribution is 0.173. The standard InChI is InChI=1S/C10H11NO2S/c1-2-8(13)10-11-7-4-3-6(12)5-9(7)14-10/h3-5,8,12-13H,2H2,1H3. The van der Waals surface area contributed by atoms with Gasteiger partial charge in [-0.2, -0.15) is 0 Å². The van der Waals surface area contributed by atoms with Crippen LogP contribution >= 0.6 is 11.3 Å². The minimum atomic E-state index is -0.491. The predicted molar refractivity (Wildman–Crippen MR) is 56.5 cm³/mol. The van der Waals surface area contributed by atoms with Gasteiger partial charge in [0.25, 0.3) is 0 Å². The maximum atomic E-state index is 9.59. The Morgan fingerprint density at radius 2 is 2.29 bits per heavy atom. The lowest BCUT2D eigenvalue weighted by Gasteiger charge is -2.00. The van der Waals surface area contributed by atoms with Crippen LogP contribution in [0.25, 0.3) is 10.2 Å². The molecule has 0 radical (unpaired) electrons. The van der Waals surface area contributed by atoms with E-state index in [-0.39, 0.29) is 5.75 Å². The highest BCUT2D eigenvalue weighted by Crippen LogP contribution is 2.29. The Morgan fingerprint density at radius 3 is 3.00 bits per heavy atom. The molecule has 1 atom stereocenters. The van der Waals surface area contributed by atoms with Crippen LogP contribution in [0.2, 0.25) is 0 Å². The van der Waals surface area contributed by atoms with E-state index in [1.54, 1.807) is 18.2 Å². The molecule has 2 rings (SSSR count). The highest BCUT2D eigenvalue weighted by atomic mass is 32.1. The van der Waals surface area contributed by atoms with Crippen molar-refractivity contribution in [2.24, 2.45) is 0 Å². The minimum absolute atomic E-state index is 0.235. The lowest BCUT2D eigenvalue weighted by atomic mass is 10.3. The minimum Gasteiger partial charge on any atom is -0.508 e. The number of hydrogen-bond donors (Lipinski definition) is 2. The molecular weight excluding hydrogens is 198 g/mol. The van der Waals surface area contributed by atoms with Crippen molar-refractivity contribution >= 4 is 21.6 Å². The first-order valence-electron chi connectivity index (χ1n) is 4.48. The van der Waals surface area contributed by atoms with Gasteiger partial charge < -0.3 is 10.2 Å². The number of nitrogens with zero attached hydrogens (tertiary/aromatic N) is 1. The van der Waals surface area contributed by atoms with E-state index in [1.165, 1.54) is 11.3 Å². The quantitative estimate of drug-likeness (QED) is 0.798. The fourth-order valence-electron chi connectivity index (χ4n) is 1.25. The number of aromatic nitrogens is 1. The predicted octanol–water partition coefficient (Wildman–Crippen LogP) is 2.45. The normalized spacial score (nSPS) is 13.3. The number of benzene rings is 1. The van der Waals surface area contributed by atoms with Gasteiger partial charge in [-0.05, 0) is 24.6 Å². The van der Waals surface area contributed by atoms with Gasteiger partial charge in [0.05, 0.1) is 10.2 Å². The zero-order valence-electron chi connectivity index (χ0n) is 7.77. The highest BCUT2D eigenvalue weighted by Gasteiger charge is 2.11. The maximum absolute atomic E-state index is 9.59. The number of aliphatic hydroxyl groups is 1. The van der Waals surface area contributed by atoms with Crippen LogP contribution in [0.3, 0.4) is 0 Å². The molecule has 3 nitrogen and oxygen atoms in total. The third-order valence-corrected chi connectivity index (χ3v) is 3.18. The summed E-state index contributed by atoms with van der Waals surface area (Å²) in [5.74, 6) is 0.235. The molecule has 0 saturated heterocycles. The zero-order chi connectivity index (χ0) is 10.1. The molecule has 1 unspecified atom stereocenters. The molecule has 14 heavy (non-hydrogen) atoms. The molecule has 0 saturated carbocycles. The molecule has 2 N–H and O–H groups in total. The van der Waals surface area contributed by atoms with Gasteiger partial charge in [0.1, 0.15) is 16.9 Å². The molecule has 0 amide bonds. The first kappa shape index (κ1) is 9.43. The first-order valence-corrected chi connectivity index (χ1v) is 5.30. The van der Waals surface area contributed by atoms with Crippen LogP contribution in [-0.4, -0.2) is 15.2 Å². The number of phenolic OH excluding ortho intramolecular Hbond substituents is 1. The van der Waals surface area contributed by atoms with E-state index in [2.05, 4.69) is 4.98 Å². The molecule has 0 bridgehead atoms. The Labute approximate surface area is 85.7 Å². The number of aromatic hydroxyl groups is 1. The molecule has 0 spiro atoms. The summed E-state index contributed by atoms with van der Waals surface area (Å²) in [5, 5.41) is 19.6. The molecular formula is C10H11NO2S. The topological polar surface area (TPSA) is 53.4 Å². The smallest absolute Gasteiger partial charge is 0.122 e. The van der Waals surface area contributed by atoms with Crippen molar-refractivity contribution in [3.8, 4) is 5.75 Å². The largest absolute Gasteiger partial charge is 0.508 e. The van der Waals surface area contributed by atoms with Crippen molar-refractivity contribution < 1.29 is 10.2 Å². The number of rotatable bonds is 2. The number of hydrogen-bond acceptors (Lipinski definition) is 4. The van der Waals surface area contributed by atoms with E-state index in [9.17, 15) is 10.2 Å². The van der Waals surface area contributed by atoms with Crippen LogP contribution in [-0.2, 0) is 0 Å². The van der Waals surface area contributed by atoms with Crippen molar-refractivity contribution in [3.05, 3.63) is 23.2 Å². The summed E-state index contributed by atoms with van der Waals surface area (Å²) >= 11 is 1.42. The molecule has 0 fully saturated rings. The van der Waals surface area contributed by atoms with Crippen molar-refractivity contribution in [2.75, 3.05) is 0 Å². The van der Waals surface area contributed by atoms with Crippen molar-refractivity contribution in [3.63, 3.8) is 0 Å². The van der Waals surface area contributed by atoms with Gasteiger partial charge in [-0.1, -0.05) is 6.92 Å². The summed E-state index contributed by atoms with van der Waals surface area (Å²) in [6.45, 7) is 1.91. The zero-order valence-corrected chi connectivity index (χ0v) is 8.58. The molecule has 1 aromatic heterocycles. The molecule has 4 heteroatoms. The van der Waals surface area contributed by atoms with Crippen molar-refractivity contribution in [2.45, 2.75) is 19.4 Å². The van der Waals surface area contributed by atoms with Gasteiger partial charge in [-0.25, -0.2) is 4.98 Å². The van der Waals surface area contributed by atoms with Crippen LogP contribution in [0.4, 0.5) is 0 Å². The Kier molecular flexibility index (Phi) is 2.39. The summed E-state index contributed by atoms with van der Waals surface area (Å²) in [6.07, 6.45) is 0.167. The first-order chi connectivity index (χ1) is 6.70. The van der Waals surface area contributed by atoms with E-state index in [0.717, 1.165) is 10.2 Å². The summed E-state index contributed by atoms with van der Waals surface area (Å²) in [7, 11) is 0. The van der Waals surface area contributed by atoms with E-state index in [4.69, 9.17) is 0 Å². The second-order valence-electron chi connectivity index (χ2n) is 3.13. The Bertz CT molecular complexity index is 452. The fraction of sp³-hybridized carbons (Fsp3) is 0.300. The highest BCUT2D eigenvalue weighted by molar-refractivity contribution is 7.18. The second kappa shape index (κ2) is 3.55. The van der Waals surface area contributed by atoms with Crippen LogP contribution in [0.1, 0.15) is 24.5 Å². The van der Waals surface area contributed by atoms with Crippen LogP contribution in [0.5, 0.6) is 5.75 Å². The fourth-order valence-corrected chi connectivity index (χ4v) is 2.32.